The molecule has 0 saturated carbocycles. The molecule has 0 aromatic heterocycles. The van der Waals surface area contributed by atoms with Gasteiger partial charge in [-0.25, -0.2) is 4.79 Å². The molecule has 6 nitrogen and oxygen atoms in total. The highest BCUT2D eigenvalue weighted by Crippen LogP contribution is 2.43. The van der Waals surface area contributed by atoms with Crippen LogP contribution in [-0.2, 0) is 9.59 Å². The fourth-order valence-electron chi connectivity index (χ4n) is 2.65. The summed E-state index contributed by atoms with van der Waals surface area (Å²) in [7, 11) is 0. The van der Waals surface area contributed by atoms with E-state index in [9.17, 15) is 14.7 Å². The van der Waals surface area contributed by atoms with Crippen LogP contribution in [0.1, 0.15) is 6.42 Å². The molecule has 2 fully saturated rings. The zero-order chi connectivity index (χ0) is 12.6. The molecule has 2 rings (SSSR count). The first-order valence-corrected chi connectivity index (χ1v) is 6.64. The van der Waals surface area contributed by atoms with E-state index in [0.29, 0.717) is 18.7 Å². The van der Waals surface area contributed by atoms with Crippen LogP contribution in [0.4, 0.5) is 0 Å². The van der Waals surface area contributed by atoms with Crippen LogP contribution in [0.2, 0.25) is 0 Å². The van der Waals surface area contributed by atoms with Gasteiger partial charge in [0.05, 0.1) is 12.5 Å². The summed E-state index contributed by atoms with van der Waals surface area (Å²) in [5.41, 5.74) is 5.41. The van der Waals surface area contributed by atoms with Crippen LogP contribution >= 0.6 is 11.8 Å². The number of thioether (sulfide) groups is 1. The molecule has 7 heteroatoms. The van der Waals surface area contributed by atoms with Gasteiger partial charge in [0.15, 0.2) is 0 Å². The third-order valence-electron chi connectivity index (χ3n) is 3.42. The number of aliphatic carboxylic acids is 1. The number of nitrogens with two attached hydrogens (primary N) is 1. The van der Waals surface area contributed by atoms with Crippen molar-refractivity contribution in [1.82, 2.24) is 4.90 Å². The fraction of sp³-hybridized carbons (Fsp3) is 0.800. The van der Waals surface area contributed by atoms with Gasteiger partial charge < -0.3 is 20.8 Å². The maximum atomic E-state index is 11.7. The quantitative estimate of drug-likeness (QED) is 0.532. The predicted molar refractivity (Wildman–Crippen MR) is 62.6 cm³/mol. The third kappa shape index (κ3) is 1.92. The largest absolute Gasteiger partial charge is 0.480 e. The lowest BCUT2D eigenvalue weighted by Gasteiger charge is -2.43. The summed E-state index contributed by atoms with van der Waals surface area (Å²) in [6.07, 6.45) is 0.638. The molecule has 2 heterocycles. The summed E-state index contributed by atoms with van der Waals surface area (Å²) in [4.78, 5) is 24.3. The zero-order valence-corrected chi connectivity index (χ0v) is 10.1. The molecule has 0 radical (unpaired) electrons. The van der Waals surface area contributed by atoms with E-state index in [2.05, 4.69) is 0 Å². The van der Waals surface area contributed by atoms with Gasteiger partial charge >= 0.3 is 5.97 Å². The van der Waals surface area contributed by atoms with Crippen molar-refractivity contribution in [3.63, 3.8) is 0 Å². The van der Waals surface area contributed by atoms with Gasteiger partial charge in [0.1, 0.15) is 6.04 Å². The van der Waals surface area contributed by atoms with Gasteiger partial charge in [0.25, 0.3) is 0 Å². The molecule has 2 aliphatic heterocycles. The van der Waals surface area contributed by atoms with Gasteiger partial charge in [-0.1, -0.05) is 0 Å². The minimum Gasteiger partial charge on any atom is -0.480 e. The first-order chi connectivity index (χ1) is 8.11. The van der Waals surface area contributed by atoms with Gasteiger partial charge in [0, 0.05) is 23.6 Å². The highest BCUT2D eigenvalue weighted by Gasteiger charge is 2.59. The normalized spacial score (nSPS) is 35.6. The lowest BCUT2D eigenvalue weighted by atomic mass is 9.89. The number of rotatable bonds is 5. The molecule has 4 unspecified atom stereocenters. The van der Waals surface area contributed by atoms with E-state index in [1.54, 1.807) is 0 Å². The second-order valence-corrected chi connectivity index (χ2v) is 5.67. The topological polar surface area (TPSA) is 104 Å². The number of hydrogen-bond acceptors (Lipinski definition) is 5. The molecule has 0 aliphatic carbocycles. The standard InChI is InChI=1S/C10H16N2O4S/c11-1-2-17-7-3-6-5(4-13)9(14)12(6)8(7)10(15)16/h5-8,13H,1-4,11H2,(H,15,16). The van der Waals surface area contributed by atoms with Crippen LogP contribution in [0.5, 0.6) is 0 Å². The Bertz CT molecular complexity index is 338. The molecule has 4 N–H and O–H groups in total. The average Bonchev–Trinajstić information content (AvgIpc) is 2.62. The van der Waals surface area contributed by atoms with Crippen LogP contribution in [0.3, 0.4) is 0 Å². The van der Waals surface area contributed by atoms with E-state index < -0.39 is 17.9 Å². The highest BCUT2D eigenvalue weighted by molar-refractivity contribution is 8.00. The molecular weight excluding hydrogens is 244 g/mol. The second-order valence-electron chi connectivity index (χ2n) is 4.32. The SMILES string of the molecule is NCCSC1CC2C(CO)C(=O)N2C1C(=O)O. The van der Waals surface area contributed by atoms with Crippen molar-refractivity contribution in [2.75, 3.05) is 18.9 Å². The maximum absolute atomic E-state index is 11.7. The van der Waals surface area contributed by atoms with Crippen LogP contribution in [-0.4, -0.2) is 63.2 Å². The average molecular weight is 260 g/mol. The minimum absolute atomic E-state index is 0.108. The fourth-order valence-corrected chi connectivity index (χ4v) is 3.86. The number of carboxylic acids is 1. The number of hydrogen-bond donors (Lipinski definition) is 3. The Morgan fingerprint density at radius 2 is 2.29 bits per heavy atom. The number of nitrogens with zero attached hydrogens (tertiary/aromatic N) is 1. The molecule has 96 valence electrons. The first kappa shape index (κ1) is 12.7. The molecule has 0 spiro atoms. The highest BCUT2D eigenvalue weighted by atomic mass is 32.2. The van der Waals surface area contributed by atoms with Crippen LogP contribution < -0.4 is 5.73 Å². The lowest BCUT2D eigenvalue weighted by Crippen LogP contribution is -2.63. The predicted octanol–water partition coefficient (Wildman–Crippen LogP) is -1.28. The molecule has 2 aliphatic rings. The Balaban J connectivity index is 2.10. The number of carbonyl (C=O) groups excluding carboxylic acids is 1. The van der Waals surface area contributed by atoms with Crippen LogP contribution in [0.15, 0.2) is 0 Å². The molecule has 4 atom stereocenters. The number of fused-ring (bicyclic) bond motifs is 1. The summed E-state index contributed by atoms with van der Waals surface area (Å²) in [6, 6.07) is -0.865. The summed E-state index contributed by atoms with van der Waals surface area (Å²) in [5, 5.41) is 18.1. The second kappa shape index (κ2) is 4.83. The third-order valence-corrected chi connectivity index (χ3v) is 4.77. The van der Waals surface area contributed by atoms with Crippen molar-refractivity contribution < 1.29 is 19.8 Å². The Morgan fingerprint density at radius 1 is 1.59 bits per heavy atom. The molecule has 2 saturated heterocycles. The zero-order valence-electron chi connectivity index (χ0n) is 9.28. The summed E-state index contributed by atoms with van der Waals surface area (Å²) < 4.78 is 0. The summed E-state index contributed by atoms with van der Waals surface area (Å²) >= 11 is 1.50. The first-order valence-electron chi connectivity index (χ1n) is 5.59. The van der Waals surface area contributed by atoms with E-state index in [1.165, 1.54) is 16.7 Å². The number of amides is 1. The van der Waals surface area contributed by atoms with Gasteiger partial charge in [-0.05, 0) is 6.42 Å². The number of carbonyl (C=O) groups is 2. The number of aliphatic hydroxyl groups excluding tert-OH is 1. The Morgan fingerprint density at radius 3 is 2.82 bits per heavy atom. The molecule has 0 aromatic carbocycles. The van der Waals surface area contributed by atoms with Crippen molar-refractivity contribution in [2.45, 2.75) is 23.8 Å². The lowest BCUT2D eigenvalue weighted by molar-refractivity contribution is -0.165. The number of carboxylic acid groups (broad SMARTS) is 1. The van der Waals surface area contributed by atoms with E-state index in [4.69, 9.17) is 10.8 Å². The molecule has 0 aromatic rings. The van der Waals surface area contributed by atoms with Crippen molar-refractivity contribution in [3.05, 3.63) is 0 Å². The minimum atomic E-state index is -0.966. The Labute approximate surface area is 103 Å². The van der Waals surface area contributed by atoms with Crippen molar-refractivity contribution >= 4 is 23.6 Å². The summed E-state index contributed by atoms with van der Waals surface area (Å²) in [6.45, 7) is 0.302. The number of β-lactam (4-membered cyclic amide) rings is 1. The summed E-state index contributed by atoms with van der Waals surface area (Å²) in [5.74, 6) is -0.916. The Kier molecular flexibility index (Phi) is 3.60. The van der Waals surface area contributed by atoms with Gasteiger partial charge in [-0.3, -0.25) is 4.79 Å². The maximum Gasteiger partial charge on any atom is 0.327 e. The monoisotopic (exact) mass is 260 g/mol. The molecular formula is C10H16N2O4S. The van der Waals surface area contributed by atoms with Gasteiger partial charge in [-0.2, -0.15) is 11.8 Å². The Hall–Kier alpha value is -0.790. The number of aliphatic hydroxyl groups is 1. The van der Waals surface area contributed by atoms with Crippen molar-refractivity contribution in [2.24, 2.45) is 11.7 Å². The van der Waals surface area contributed by atoms with E-state index in [-0.39, 0.29) is 23.8 Å². The molecule has 1 amide bonds. The van der Waals surface area contributed by atoms with Crippen LogP contribution in [0.25, 0.3) is 0 Å². The van der Waals surface area contributed by atoms with Crippen molar-refractivity contribution in [3.8, 4) is 0 Å². The van der Waals surface area contributed by atoms with Gasteiger partial charge in [0.2, 0.25) is 5.91 Å². The molecule has 0 bridgehead atoms. The van der Waals surface area contributed by atoms with E-state index in [0.717, 1.165) is 0 Å². The van der Waals surface area contributed by atoms with Crippen molar-refractivity contribution in [1.29, 1.82) is 0 Å². The van der Waals surface area contributed by atoms with E-state index >= 15 is 0 Å². The molecule has 17 heavy (non-hydrogen) atoms. The van der Waals surface area contributed by atoms with Gasteiger partial charge in [-0.15, -0.1) is 0 Å². The van der Waals surface area contributed by atoms with E-state index in [1.807, 2.05) is 0 Å². The smallest absolute Gasteiger partial charge is 0.327 e. The van der Waals surface area contributed by atoms with Crippen LogP contribution in [0, 0.1) is 5.92 Å².